The number of rotatable bonds is 6. The number of hydrogen-bond acceptors (Lipinski definition) is 2. The van der Waals surface area contributed by atoms with Gasteiger partial charge in [0, 0.05) is 30.8 Å². The lowest BCUT2D eigenvalue weighted by Crippen LogP contribution is -2.44. The molecule has 1 aromatic heterocycles. The SMILES string of the molecule is CCCn1cc(Br)cc1C(=O)NCC(C)(C)C(=O)NC. The van der Waals surface area contributed by atoms with Gasteiger partial charge in [0.25, 0.3) is 5.91 Å². The highest BCUT2D eigenvalue weighted by Crippen LogP contribution is 2.17. The van der Waals surface area contributed by atoms with E-state index in [0.29, 0.717) is 12.2 Å². The van der Waals surface area contributed by atoms with Crippen LogP contribution in [0.5, 0.6) is 0 Å². The molecular weight excluding hydrogens is 322 g/mol. The van der Waals surface area contributed by atoms with Crippen LogP contribution in [0.4, 0.5) is 0 Å². The molecule has 1 rings (SSSR count). The number of halogens is 1. The normalized spacial score (nSPS) is 11.2. The maximum atomic E-state index is 12.2. The van der Waals surface area contributed by atoms with Crippen LogP contribution in [0.15, 0.2) is 16.7 Å². The summed E-state index contributed by atoms with van der Waals surface area (Å²) in [4.78, 5) is 23.9. The first-order valence-corrected chi connectivity index (χ1v) is 7.47. The summed E-state index contributed by atoms with van der Waals surface area (Å²) in [5.74, 6) is -0.260. The topological polar surface area (TPSA) is 63.1 Å². The molecule has 0 aliphatic heterocycles. The highest BCUT2D eigenvalue weighted by Gasteiger charge is 2.27. The lowest BCUT2D eigenvalue weighted by molar-refractivity contribution is -0.128. The van der Waals surface area contributed by atoms with Gasteiger partial charge in [-0.2, -0.15) is 0 Å². The summed E-state index contributed by atoms with van der Waals surface area (Å²) >= 11 is 3.38. The number of hydrogen-bond donors (Lipinski definition) is 2. The van der Waals surface area contributed by atoms with E-state index in [1.54, 1.807) is 27.0 Å². The van der Waals surface area contributed by atoms with Crippen LogP contribution in [0.2, 0.25) is 0 Å². The van der Waals surface area contributed by atoms with Crippen molar-refractivity contribution in [2.75, 3.05) is 13.6 Å². The van der Waals surface area contributed by atoms with E-state index in [-0.39, 0.29) is 11.8 Å². The Morgan fingerprint density at radius 2 is 2.05 bits per heavy atom. The first kappa shape index (κ1) is 16.8. The van der Waals surface area contributed by atoms with Crippen LogP contribution < -0.4 is 10.6 Å². The molecule has 112 valence electrons. The Morgan fingerprint density at radius 1 is 1.40 bits per heavy atom. The molecule has 0 aromatic carbocycles. The van der Waals surface area contributed by atoms with Gasteiger partial charge in [0.2, 0.25) is 5.91 Å². The number of nitrogens with one attached hydrogen (secondary N) is 2. The smallest absolute Gasteiger partial charge is 0.267 e. The van der Waals surface area contributed by atoms with E-state index in [4.69, 9.17) is 0 Å². The van der Waals surface area contributed by atoms with Gasteiger partial charge in [-0.3, -0.25) is 9.59 Å². The van der Waals surface area contributed by atoms with Gasteiger partial charge in [0.15, 0.2) is 0 Å². The molecule has 0 aliphatic rings. The maximum Gasteiger partial charge on any atom is 0.267 e. The van der Waals surface area contributed by atoms with Crippen LogP contribution in [0.25, 0.3) is 0 Å². The molecule has 5 nitrogen and oxygen atoms in total. The highest BCUT2D eigenvalue weighted by atomic mass is 79.9. The van der Waals surface area contributed by atoms with Crippen LogP contribution >= 0.6 is 15.9 Å². The van der Waals surface area contributed by atoms with Crippen molar-refractivity contribution in [3.8, 4) is 0 Å². The first-order valence-electron chi connectivity index (χ1n) is 6.68. The minimum absolute atomic E-state index is 0.0945. The van der Waals surface area contributed by atoms with Crippen molar-refractivity contribution in [2.24, 2.45) is 5.41 Å². The summed E-state index contributed by atoms with van der Waals surface area (Å²) in [6.45, 7) is 6.73. The Balaban J connectivity index is 2.75. The summed E-state index contributed by atoms with van der Waals surface area (Å²) in [5.41, 5.74) is -0.0319. The number of carbonyl (C=O) groups excluding carboxylic acids is 2. The average molecular weight is 344 g/mol. The first-order chi connectivity index (χ1) is 9.31. The Labute approximate surface area is 128 Å². The molecule has 0 atom stereocenters. The Kier molecular flexibility index (Phi) is 5.80. The lowest BCUT2D eigenvalue weighted by atomic mass is 9.92. The van der Waals surface area contributed by atoms with E-state index in [0.717, 1.165) is 17.4 Å². The van der Waals surface area contributed by atoms with E-state index in [1.165, 1.54) is 0 Å². The fraction of sp³-hybridized carbons (Fsp3) is 0.571. The molecule has 0 radical (unpaired) electrons. The highest BCUT2D eigenvalue weighted by molar-refractivity contribution is 9.10. The molecule has 1 heterocycles. The zero-order valence-electron chi connectivity index (χ0n) is 12.4. The minimum atomic E-state index is -0.635. The molecule has 0 unspecified atom stereocenters. The van der Waals surface area contributed by atoms with E-state index >= 15 is 0 Å². The Morgan fingerprint density at radius 3 is 2.60 bits per heavy atom. The Hall–Kier alpha value is -1.30. The van der Waals surface area contributed by atoms with Gasteiger partial charge in [-0.15, -0.1) is 0 Å². The zero-order valence-corrected chi connectivity index (χ0v) is 14.0. The van der Waals surface area contributed by atoms with E-state index in [9.17, 15) is 9.59 Å². The standard InChI is InChI=1S/C14H22BrN3O2/c1-5-6-18-8-10(15)7-11(18)12(19)17-9-14(2,3)13(20)16-4/h7-8H,5-6,9H2,1-4H3,(H,16,20)(H,17,19). The van der Waals surface area contributed by atoms with Crippen molar-refractivity contribution >= 4 is 27.7 Å². The zero-order chi connectivity index (χ0) is 15.3. The third-order valence-corrected chi connectivity index (χ3v) is 3.53. The second-order valence-corrected chi connectivity index (χ2v) is 6.30. The molecule has 0 fully saturated rings. The van der Waals surface area contributed by atoms with Crippen molar-refractivity contribution in [2.45, 2.75) is 33.7 Å². The fourth-order valence-electron chi connectivity index (χ4n) is 1.90. The van der Waals surface area contributed by atoms with Crippen molar-refractivity contribution < 1.29 is 9.59 Å². The van der Waals surface area contributed by atoms with E-state index in [1.807, 2.05) is 10.8 Å². The van der Waals surface area contributed by atoms with Crippen LogP contribution in [0, 0.1) is 5.41 Å². The van der Waals surface area contributed by atoms with Crippen molar-refractivity contribution in [3.05, 3.63) is 22.4 Å². The molecule has 0 aliphatic carbocycles. The summed E-state index contributed by atoms with van der Waals surface area (Å²) in [7, 11) is 1.59. The molecule has 6 heteroatoms. The number of aryl methyl sites for hydroxylation is 1. The van der Waals surface area contributed by atoms with Gasteiger partial charge in [0.05, 0.1) is 5.41 Å². The monoisotopic (exact) mass is 343 g/mol. The third kappa shape index (κ3) is 4.10. The van der Waals surface area contributed by atoms with Gasteiger partial charge in [-0.05, 0) is 42.3 Å². The van der Waals surface area contributed by atoms with Crippen LogP contribution in [0.1, 0.15) is 37.7 Å². The van der Waals surface area contributed by atoms with E-state index in [2.05, 4.69) is 33.5 Å². The summed E-state index contributed by atoms with van der Waals surface area (Å²) in [6.07, 6.45) is 2.84. The summed E-state index contributed by atoms with van der Waals surface area (Å²) < 4.78 is 2.79. The van der Waals surface area contributed by atoms with Crippen molar-refractivity contribution in [1.82, 2.24) is 15.2 Å². The fourth-order valence-corrected chi connectivity index (χ4v) is 2.37. The molecule has 0 bridgehead atoms. The van der Waals surface area contributed by atoms with Gasteiger partial charge >= 0.3 is 0 Å². The molecular formula is C14H22BrN3O2. The predicted molar refractivity (Wildman–Crippen MR) is 82.6 cm³/mol. The van der Waals surface area contributed by atoms with Gasteiger partial charge in [-0.1, -0.05) is 6.92 Å². The van der Waals surface area contributed by atoms with Gasteiger partial charge in [-0.25, -0.2) is 0 Å². The number of amides is 2. The number of nitrogens with zero attached hydrogens (tertiary/aromatic N) is 1. The molecule has 1 aromatic rings. The molecule has 20 heavy (non-hydrogen) atoms. The average Bonchev–Trinajstić information content (AvgIpc) is 2.76. The summed E-state index contributed by atoms with van der Waals surface area (Å²) in [6, 6.07) is 1.79. The minimum Gasteiger partial charge on any atom is -0.359 e. The van der Waals surface area contributed by atoms with Crippen LogP contribution in [-0.2, 0) is 11.3 Å². The third-order valence-electron chi connectivity index (χ3n) is 3.09. The van der Waals surface area contributed by atoms with Crippen molar-refractivity contribution in [1.29, 1.82) is 0 Å². The summed E-state index contributed by atoms with van der Waals surface area (Å²) in [5, 5.41) is 5.43. The molecule has 0 saturated carbocycles. The van der Waals surface area contributed by atoms with Gasteiger partial charge in [0.1, 0.15) is 5.69 Å². The molecule has 0 saturated heterocycles. The van der Waals surface area contributed by atoms with Crippen LogP contribution in [-0.4, -0.2) is 30.0 Å². The predicted octanol–water partition coefficient (Wildman–Crippen LogP) is 2.16. The van der Waals surface area contributed by atoms with Crippen molar-refractivity contribution in [3.63, 3.8) is 0 Å². The quantitative estimate of drug-likeness (QED) is 0.831. The largest absolute Gasteiger partial charge is 0.359 e. The second kappa shape index (κ2) is 6.92. The molecule has 2 N–H and O–H groups in total. The molecule has 0 spiro atoms. The number of aromatic nitrogens is 1. The van der Waals surface area contributed by atoms with E-state index < -0.39 is 5.41 Å². The van der Waals surface area contributed by atoms with Crippen LogP contribution in [0.3, 0.4) is 0 Å². The Bertz CT molecular complexity index is 495. The van der Waals surface area contributed by atoms with Gasteiger partial charge < -0.3 is 15.2 Å². The maximum absolute atomic E-state index is 12.2. The number of carbonyl (C=O) groups is 2. The lowest BCUT2D eigenvalue weighted by Gasteiger charge is -2.23. The molecule has 2 amide bonds. The second-order valence-electron chi connectivity index (χ2n) is 5.38.